The molecule has 0 atom stereocenters. The van der Waals surface area contributed by atoms with Crippen molar-refractivity contribution < 1.29 is 19.1 Å². The summed E-state index contributed by atoms with van der Waals surface area (Å²) in [6.07, 6.45) is 0.850. The minimum absolute atomic E-state index is 0.160. The highest BCUT2D eigenvalue weighted by Crippen LogP contribution is 2.36. The van der Waals surface area contributed by atoms with Crippen molar-refractivity contribution in [1.29, 1.82) is 0 Å². The van der Waals surface area contributed by atoms with Crippen LogP contribution in [-0.2, 0) is 4.43 Å². The highest BCUT2D eigenvalue weighted by Gasteiger charge is 2.36. The average molecular weight is 366 g/mol. The first-order valence-electron chi connectivity index (χ1n) is 8.17. The Morgan fingerprint density at radius 1 is 1.36 bits per heavy atom. The van der Waals surface area contributed by atoms with Crippen molar-refractivity contribution in [2.24, 2.45) is 0 Å². The van der Waals surface area contributed by atoms with Gasteiger partial charge in [-0.25, -0.2) is 9.78 Å². The molecular formula is C16H26N4O4Si. The van der Waals surface area contributed by atoms with E-state index in [0.29, 0.717) is 30.7 Å². The minimum Gasteiger partial charge on any atom is -0.476 e. The van der Waals surface area contributed by atoms with Gasteiger partial charge in [-0.15, -0.1) is 9.78 Å². The van der Waals surface area contributed by atoms with E-state index in [4.69, 9.17) is 14.9 Å². The van der Waals surface area contributed by atoms with E-state index < -0.39 is 14.4 Å². The quantitative estimate of drug-likeness (QED) is 0.595. The second-order valence-electron chi connectivity index (χ2n) is 7.45. The third kappa shape index (κ3) is 4.29. The van der Waals surface area contributed by atoms with Gasteiger partial charge in [-0.05, 0) is 24.2 Å². The van der Waals surface area contributed by atoms with Crippen LogP contribution in [0.4, 0.5) is 10.5 Å². The maximum Gasteiger partial charge on any atom is 0.434 e. The lowest BCUT2D eigenvalue weighted by Crippen LogP contribution is -2.41. The highest BCUT2D eigenvalue weighted by atomic mass is 28.4. The zero-order valence-corrected chi connectivity index (χ0v) is 16.4. The van der Waals surface area contributed by atoms with Crippen LogP contribution in [-0.4, -0.2) is 47.5 Å². The topological polar surface area (TPSA) is 112 Å². The summed E-state index contributed by atoms with van der Waals surface area (Å²) in [5.41, 5.74) is 6.35. The maximum absolute atomic E-state index is 11.3. The Morgan fingerprint density at radius 2 is 2.04 bits per heavy atom. The van der Waals surface area contributed by atoms with Gasteiger partial charge < -0.3 is 20.0 Å². The van der Waals surface area contributed by atoms with Crippen molar-refractivity contribution in [2.75, 3.05) is 18.9 Å². The minimum atomic E-state index is -1.78. The van der Waals surface area contributed by atoms with Gasteiger partial charge in [0.1, 0.15) is 0 Å². The number of aromatic nitrogens is 3. The molecule has 9 heteroatoms. The second kappa shape index (κ2) is 7.01. The number of ether oxygens (including phenoxy) is 1. The Kier molecular flexibility index (Phi) is 5.38. The molecule has 0 bridgehead atoms. The zero-order valence-electron chi connectivity index (χ0n) is 15.4. The van der Waals surface area contributed by atoms with Crippen molar-refractivity contribution in [1.82, 2.24) is 14.8 Å². The first-order chi connectivity index (χ1) is 11.5. The molecule has 0 aliphatic heterocycles. The number of rotatable bonds is 6. The molecule has 0 amide bonds. The number of hydrogen-bond donors (Lipinski definition) is 2. The first-order valence-corrected chi connectivity index (χ1v) is 11.1. The Labute approximate surface area is 148 Å². The van der Waals surface area contributed by atoms with Crippen LogP contribution in [0, 0.1) is 0 Å². The number of anilines is 1. The predicted molar refractivity (Wildman–Crippen MR) is 98.6 cm³/mol. The van der Waals surface area contributed by atoms with Gasteiger partial charge in [0.2, 0.25) is 5.88 Å². The lowest BCUT2D eigenvalue weighted by molar-refractivity contribution is 0.191. The molecule has 0 saturated carbocycles. The van der Waals surface area contributed by atoms with Gasteiger partial charge in [0, 0.05) is 13.0 Å². The van der Waals surface area contributed by atoms with Gasteiger partial charge in [-0.3, -0.25) is 0 Å². The van der Waals surface area contributed by atoms with E-state index in [-0.39, 0.29) is 16.6 Å². The SMILES string of the molecule is CC(C)(C)[Si](C)(C)OCCCOc1nn(C(=O)O)c2ncc(N)cc12. The predicted octanol–water partition coefficient (Wildman–Crippen LogP) is 3.33. The van der Waals surface area contributed by atoms with Crippen molar-refractivity contribution >= 4 is 31.1 Å². The molecule has 0 unspecified atom stereocenters. The van der Waals surface area contributed by atoms with Crippen molar-refractivity contribution in [3.63, 3.8) is 0 Å². The summed E-state index contributed by atoms with van der Waals surface area (Å²) in [7, 11) is -1.78. The Bertz CT molecular complexity index is 767. The van der Waals surface area contributed by atoms with E-state index in [0.717, 1.165) is 4.68 Å². The number of carbonyl (C=O) groups is 1. The number of carboxylic acid groups (broad SMARTS) is 1. The van der Waals surface area contributed by atoms with Crippen LogP contribution >= 0.6 is 0 Å². The van der Waals surface area contributed by atoms with Crippen molar-refractivity contribution in [3.8, 4) is 5.88 Å². The fourth-order valence-electron chi connectivity index (χ4n) is 2.00. The average Bonchev–Trinajstić information content (AvgIpc) is 2.84. The van der Waals surface area contributed by atoms with Gasteiger partial charge >= 0.3 is 6.09 Å². The van der Waals surface area contributed by atoms with Gasteiger partial charge in [0.15, 0.2) is 14.0 Å². The van der Waals surface area contributed by atoms with Crippen LogP contribution in [0.5, 0.6) is 5.88 Å². The molecule has 138 valence electrons. The van der Waals surface area contributed by atoms with Crippen LogP contribution in [0.2, 0.25) is 18.1 Å². The molecule has 2 heterocycles. The zero-order chi connectivity index (χ0) is 18.8. The van der Waals surface area contributed by atoms with E-state index in [1.807, 2.05) is 0 Å². The van der Waals surface area contributed by atoms with Gasteiger partial charge in [-0.2, -0.15) is 0 Å². The molecule has 0 spiro atoms. The van der Waals surface area contributed by atoms with Crippen LogP contribution in [0.15, 0.2) is 12.3 Å². The Hall–Kier alpha value is -2.13. The summed E-state index contributed by atoms with van der Waals surface area (Å²) in [5.74, 6) is 0.213. The number of nitrogens with zero attached hydrogens (tertiary/aromatic N) is 3. The third-order valence-electron chi connectivity index (χ3n) is 4.49. The molecule has 0 aliphatic rings. The first kappa shape index (κ1) is 19.2. The number of pyridine rings is 1. The molecule has 0 fully saturated rings. The standard InChI is InChI=1S/C16H26N4O4Si/c1-16(2,3)25(4,5)24-8-6-7-23-14-12-9-11(17)10-18-13(12)20(19-14)15(21)22/h9-10H,6-8,17H2,1-5H3,(H,21,22). The molecule has 0 aromatic carbocycles. The largest absolute Gasteiger partial charge is 0.476 e. The fourth-order valence-corrected chi connectivity index (χ4v) is 3.09. The van der Waals surface area contributed by atoms with Crippen molar-refractivity contribution in [2.45, 2.75) is 45.3 Å². The van der Waals surface area contributed by atoms with Gasteiger partial charge in [0.25, 0.3) is 0 Å². The lowest BCUT2D eigenvalue weighted by atomic mass is 10.2. The van der Waals surface area contributed by atoms with Crippen LogP contribution in [0.3, 0.4) is 0 Å². The van der Waals surface area contributed by atoms with Gasteiger partial charge in [-0.1, -0.05) is 20.8 Å². The summed E-state index contributed by atoms with van der Waals surface area (Å²) in [6, 6.07) is 1.61. The number of fused-ring (bicyclic) bond motifs is 1. The molecule has 0 aliphatic carbocycles. The smallest absolute Gasteiger partial charge is 0.434 e. The summed E-state index contributed by atoms with van der Waals surface area (Å²) in [4.78, 5) is 15.3. The van der Waals surface area contributed by atoms with E-state index >= 15 is 0 Å². The summed E-state index contributed by atoms with van der Waals surface area (Å²) < 4.78 is 12.5. The van der Waals surface area contributed by atoms with Crippen LogP contribution in [0.1, 0.15) is 27.2 Å². The lowest BCUT2D eigenvalue weighted by Gasteiger charge is -2.36. The summed E-state index contributed by atoms with van der Waals surface area (Å²) in [5, 5.41) is 13.8. The molecule has 0 saturated heterocycles. The normalized spacial score (nSPS) is 12.5. The number of hydrogen-bond acceptors (Lipinski definition) is 6. The van der Waals surface area contributed by atoms with E-state index in [2.05, 4.69) is 43.9 Å². The molecule has 2 aromatic heterocycles. The molecule has 2 rings (SSSR count). The second-order valence-corrected chi connectivity index (χ2v) is 12.3. The highest BCUT2D eigenvalue weighted by molar-refractivity contribution is 6.74. The van der Waals surface area contributed by atoms with E-state index in [1.165, 1.54) is 6.20 Å². The number of nitrogens with two attached hydrogens (primary N) is 1. The molecule has 0 radical (unpaired) electrons. The fraction of sp³-hybridized carbons (Fsp3) is 0.562. The molecular weight excluding hydrogens is 340 g/mol. The maximum atomic E-state index is 11.3. The molecule has 8 nitrogen and oxygen atoms in total. The van der Waals surface area contributed by atoms with E-state index in [9.17, 15) is 9.90 Å². The van der Waals surface area contributed by atoms with Crippen LogP contribution < -0.4 is 10.5 Å². The summed E-state index contributed by atoms with van der Waals surface area (Å²) >= 11 is 0. The molecule has 25 heavy (non-hydrogen) atoms. The Balaban J connectivity index is 2.00. The van der Waals surface area contributed by atoms with Gasteiger partial charge in [0.05, 0.1) is 23.9 Å². The summed E-state index contributed by atoms with van der Waals surface area (Å²) in [6.45, 7) is 11.9. The van der Waals surface area contributed by atoms with E-state index in [1.54, 1.807) is 6.07 Å². The molecule has 2 aromatic rings. The third-order valence-corrected chi connectivity index (χ3v) is 9.03. The number of nitrogen functional groups attached to an aromatic ring is 1. The monoisotopic (exact) mass is 366 g/mol. The van der Waals surface area contributed by atoms with Crippen LogP contribution in [0.25, 0.3) is 11.0 Å². The Morgan fingerprint density at radius 3 is 2.64 bits per heavy atom. The van der Waals surface area contributed by atoms with Crippen molar-refractivity contribution in [3.05, 3.63) is 12.3 Å². The molecule has 3 N–H and O–H groups in total.